The van der Waals surface area contributed by atoms with E-state index in [9.17, 15) is 9.90 Å². The first-order valence-corrected chi connectivity index (χ1v) is 7.82. The van der Waals surface area contributed by atoms with E-state index in [4.69, 9.17) is 0 Å². The normalized spacial score (nSPS) is 23.2. The number of aliphatic hydroxyl groups excluding tert-OH is 1. The molecule has 1 aliphatic heterocycles. The summed E-state index contributed by atoms with van der Waals surface area (Å²) >= 11 is 0. The molecule has 1 saturated heterocycles. The molecule has 2 N–H and O–H groups in total. The zero-order chi connectivity index (χ0) is 15.2. The fourth-order valence-corrected chi connectivity index (χ4v) is 3.02. The van der Waals surface area contributed by atoms with Crippen LogP contribution in [0.15, 0.2) is 12.3 Å². The quantitative estimate of drug-likeness (QED) is 0.830. The molecule has 2 heterocycles. The predicted octanol–water partition coefficient (Wildman–Crippen LogP) is 1.32. The van der Waals surface area contributed by atoms with Gasteiger partial charge in [0.25, 0.3) is 0 Å². The summed E-state index contributed by atoms with van der Waals surface area (Å²) in [7, 11) is 0. The number of piperidine rings is 1. The SMILES string of the molecule is CCCn1nccc1NC(=O)CN1CCCC(C)C1CO. The van der Waals surface area contributed by atoms with Crippen LogP contribution in [-0.2, 0) is 11.3 Å². The van der Waals surface area contributed by atoms with E-state index < -0.39 is 0 Å². The minimum absolute atomic E-state index is 0.0413. The monoisotopic (exact) mass is 294 g/mol. The zero-order valence-corrected chi connectivity index (χ0v) is 13.0. The number of nitrogens with zero attached hydrogens (tertiary/aromatic N) is 3. The molecule has 1 aromatic heterocycles. The molecule has 0 spiro atoms. The number of aliphatic hydroxyl groups is 1. The molecule has 2 rings (SSSR count). The number of carbonyl (C=O) groups is 1. The highest BCUT2D eigenvalue weighted by molar-refractivity contribution is 5.91. The van der Waals surface area contributed by atoms with Gasteiger partial charge < -0.3 is 10.4 Å². The molecule has 0 aliphatic carbocycles. The average Bonchev–Trinajstić information content (AvgIpc) is 2.87. The van der Waals surface area contributed by atoms with Crippen molar-refractivity contribution in [1.29, 1.82) is 0 Å². The molecule has 2 atom stereocenters. The number of likely N-dealkylation sites (tertiary alicyclic amines) is 1. The zero-order valence-electron chi connectivity index (χ0n) is 13.0. The molecule has 1 fully saturated rings. The highest BCUT2D eigenvalue weighted by Crippen LogP contribution is 2.22. The van der Waals surface area contributed by atoms with Crippen molar-refractivity contribution < 1.29 is 9.90 Å². The smallest absolute Gasteiger partial charge is 0.239 e. The molecule has 0 aromatic carbocycles. The van der Waals surface area contributed by atoms with Gasteiger partial charge >= 0.3 is 0 Å². The third kappa shape index (κ3) is 4.04. The Morgan fingerprint density at radius 1 is 1.57 bits per heavy atom. The Labute approximate surface area is 126 Å². The van der Waals surface area contributed by atoms with Crippen LogP contribution >= 0.6 is 0 Å². The highest BCUT2D eigenvalue weighted by atomic mass is 16.3. The molecule has 0 saturated carbocycles. The van der Waals surface area contributed by atoms with E-state index in [0.29, 0.717) is 12.5 Å². The molecule has 6 nitrogen and oxygen atoms in total. The summed E-state index contributed by atoms with van der Waals surface area (Å²) in [5.74, 6) is 1.13. The number of aryl methyl sites for hydroxylation is 1. The van der Waals surface area contributed by atoms with Crippen LogP contribution in [0.2, 0.25) is 0 Å². The lowest BCUT2D eigenvalue weighted by Gasteiger charge is -2.38. The summed E-state index contributed by atoms with van der Waals surface area (Å²) in [4.78, 5) is 14.3. The van der Waals surface area contributed by atoms with Crippen molar-refractivity contribution in [2.45, 2.75) is 45.7 Å². The number of hydrogen-bond acceptors (Lipinski definition) is 4. The number of amides is 1. The first kappa shape index (κ1) is 16.0. The van der Waals surface area contributed by atoms with Crippen LogP contribution in [0.1, 0.15) is 33.1 Å². The summed E-state index contributed by atoms with van der Waals surface area (Å²) in [6.07, 6.45) is 4.87. The molecule has 1 aliphatic rings. The largest absolute Gasteiger partial charge is 0.395 e. The molecule has 0 bridgehead atoms. The molecule has 1 aromatic rings. The molecule has 6 heteroatoms. The number of nitrogens with one attached hydrogen (secondary N) is 1. The van der Waals surface area contributed by atoms with Gasteiger partial charge in [-0.3, -0.25) is 9.69 Å². The van der Waals surface area contributed by atoms with Gasteiger partial charge in [-0.05, 0) is 31.7 Å². The second kappa shape index (κ2) is 7.56. The fourth-order valence-electron chi connectivity index (χ4n) is 3.02. The topological polar surface area (TPSA) is 70.4 Å². The first-order chi connectivity index (χ1) is 10.2. The van der Waals surface area contributed by atoms with Gasteiger partial charge in [-0.25, -0.2) is 4.68 Å². The van der Waals surface area contributed by atoms with Gasteiger partial charge in [-0.15, -0.1) is 0 Å². The first-order valence-electron chi connectivity index (χ1n) is 7.82. The van der Waals surface area contributed by atoms with E-state index in [1.807, 2.05) is 6.07 Å². The van der Waals surface area contributed by atoms with Crippen molar-refractivity contribution in [2.75, 3.05) is 25.0 Å². The Morgan fingerprint density at radius 2 is 2.38 bits per heavy atom. The number of hydrogen-bond donors (Lipinski definition) is 2. The van der Waals surface area contributed by atoms with E-state index >= 15 is 0 Å². The third-order valence-corrected chi connectivity index (χ3v) is 4.18. The van der Waals surface area contributed by atoms with Crippen LogP contribution in [0.3, 0.4) is 0 Å². The minimum atomic E-state index is -0.0413. The molecule has 1 amide bonds. The predicted molar refractivity (Wildman–Crippen MR) is 82.0 cm³/mol. The van der Waals surface area contributed by atoms with Gasteiger partial charge in [0.1, 0.15) is 5.82 Å². The number of carbonyl (C=O) groups excluding carboxylic acids is 1. The maximum atomic E-state index is 12.2. The van der Waals surface area contributed by atoms with Crippen LogP contribution in [0, 0.1) is 5.92 Å². The van der Waals surface area contributed by atoms with Gasteiger partial charge in [0.2, 0.25) is 5.91 Å². The molecule has 2 unspecified atom stereocenters. The van der Waals surface area contributed by atoms with E-state index in [-0.39, 0.29) is 18.6 Å². The van der Waals surface area contributed by atoms with Gasteiger partial charge in [-0.2, -0.15) is 5.10 Å². The van der Waals surface area contributed by atoms with Crippen LogP contribution in [0.5, 0.6) is 0 Å². The lowest BCUT2D eigenvalue weighted by atomic mass is 9.91. The lowest BCUT2D eigenvalue weighted by Crippen LogP contribution is -2.49. The highest BCUT2D eigenvalue weighted by Gasteiger charge is 2.29. The number of aromatic nitrogens is 2. The van der Waals surface area contributed by atoms with Crippen molar-refractivity contribution in [2.24, 2.45) is 5.92 Å². The Morgan fingerprint density at radius 3 is 3.10 bits per heavy atom. The summed E-state index contributed by atoms with van der Waals surface area (Å²) in [6, 6.07) is 1.90. The molecule has 21 heavy (non-hydrogen) atoms. The molecule has 0 radical (unpaired) electrons. The Balaban J connectivity index is 1.93. The molecular weight excluding hydrogens is 268 g/mol. The van der Waals surface area contributed by atoms with Crippen LogP contribution in [0.25, 0.3) is 0 Å². The molecular formula is C15H26N4O2. The van der Waals surface area contributed by atoms with Crippen molar-refractivity contribution in [3.8, 4) is 0 Å². The van der Waals surface area contributed by atoms with Crippen LogP contribution in [0.4, 0.5) is 5.82 Å². The number of rotatable bonds is 6. The lowest BCUT2D eigenvalue weighted by molar-refractivity contribution is -0.119. The maximum absolute atomic E-state index is 12.2. The summed E-state index contributed by atoms with van der Waals surface area (Å²) in [6.45, 7) is 6.32. The van der Waals surface area contributed by atoms with Crippen LogP contribution in [-0.4, -0.2) is 51.4 Å². The Hall–Kier alpha value is -1.40. The van der Waals surface area contributed by atoms with Crippen molar-refractivity contribution >= 4 is 11.7 Å². The summed E-state index contributed by atoms with van der Waals surface area (Å²) < 4.78 is 1.81. The Bertz CT molecular complexity index is 460. The Kier molecular flexibility index (Phi) is 5.76. The van der Waals surface area contributed by atoms with E-state index in [1.54, 1.807) is 10.9 Å². The summed E-state index contributed by atoms with van der Waals surface area (Å²) in [5.41, 5.74) is 0. The fraction of sp³-hybridized carbons (Fsp3) is 0.733. The standard InChI is InChI=1S/C15H26N4O2/c1-3-8-19-14(6-7-16-19)17-15(21)10-18-9-4-5-12(2)13(18)11-20/h6-7,12-13,20H,3-5,8-11H2,1-2H3,(H,17,21). The second-order valence-corrected chi connectivity index (χ2v) is 5.83. The van der Waals surface area contributed by atoms with Crippen molar-refractivity contribution in [3.63, 3.8) is 0 Å². The third-order valence-electron chi connectivity index (χ3n) is 4.18. The van der Waals surface area contributed by atoms with E-state index in [2.05, 4.69) is 29.2 Å². The number of anilines is 1. The van der Waals surface area contributed by atoms with E-state index in [0.717, 1.165) is 38.2 Å². The van der Waals surface area contributed by atoms with Gasteiger partial charge in [-0.1, -0.05) is 13.8 Å². The van der Waals surface area contributed by atoms with Gasteiger partial charge in [0.05, 0.1) is 19.3 Å². The van der Waals surface area contributed by atoms with Gasteiger partial charge in [0, 0.05) is 18.7 Å². The van der Waals surface area contributed by atoms with Crippen molar-refractivity contribution in [3.05, 3.63) is 12.3 Å². The summed E-state index contributed by atoms with van der Waals surface area (Å²) in [5, 5.41) is 16.6. The maximum Gasteiger partial charge on any atom is 0.239 e. The van der Waals surface area contributed by atoms with E-state index in [1.165, 1.54) is 0 Å². The average molecular weight is 294 g/mol. The van der Waals surface area contributed by atoms with Gasteiger partial charge in [0.15, 0.2) is 0 Å². The van der Waals surface area contributed by atoms with Crippen LogP contribution < -0.4 is 5.32 Å². The van der Waals surface area contributed by atoms with Crippen molar-refractivity contribution in [1.82, 2.24) is 14.7 Å². The molecule has 118 valence electrons. The minimum Gasteiger partial charge on any atom is -0.395 e. The second-order valence-electron chi connectivity index (χ2n) is 5.83.